The minimum atomic E-state index is -0.208. The Morgan fingerprint density at radius 3 is 3.08 bits per heavy atom. The fourth-order valence-corrected chi connectivity index (χ4v) is 1.21. The van der Waals surface area contributed by atoms with Crippen LogP contribution in [-0.2, 0) is 0 Å². The van der Waals surface area contributed by atoms with Crippen LogP contribution < -0.4 is 10.3 Å². The lowest BCUT2D eigenvalue weighted by Crippen LogP contribution is -2.05. The number of aromatic nitrogens is 2. The van der Waals surface area contributed by atoms with Gasteiger partial charge in [-0.3, -0.25) is 4.79 Å². The molecule has 4 nitrogen and oxygen atoms in total. The Balaban J connectivity index is 2.85. The zero-order valence-electron chi connectivity index (χ0n) is 7.07. The van der Waals surface area contributed by atoms with E-state index in [4.69, 9.17) is 4.74 Å². The van der Waals surface area contributed by atoms with Crippen LogP contribution in [0.4, 0.5) is 0 Å². The van der Waals surface area contributed by atoms with Gasteiger partial charge < -0.3 is 9.72 Å². The van der Waals surface area contributed by atoms with Gasteiger partial charge in [-0.25, -0.2) is 4.98 Å². The van der Waals surface area contributed by atoms with Crippen LogP contribution in [0.15, 0.2) is 29.2 Å². The number of nitrogens with zero attached hydrogens (tertiary/aromatic N) is 1. The van der Waals surface area contributed by atoms with Crippen LogP contribution in [0, 0.1) is 0 Å². The molecule has 0 fully saturated rings. The van der Waals surface area contributed by atoms with Crippen molar-refractivity contribution in [1.82, 2.24) is 9.97 Å². The summed E-state index contributed by atoms with van der Waals surface area (Å²) >= 11 is 0. The first-order valence-corrected chi connectivity index (χ1v) is 3.83. The molecule has 0 saturated heterocycles. The number of methoxy groups -OCH3 is 1. The standard InChI is InChI=1S/C9H8N2O2/c1-13-7-4-2-3-6-9(7)10-5-8(12)11-6/h2-5H,1H3,(H,11,12). The Bertz CT molecular complexity index is 490. The fraction of sp³-hybridized carbons (Fsp3) is 0.111. The van der Waals surface area contributed by atoms with E-state index in [1.54, 1.807) is 25.3 Å². The highest BCUT2D eigenvalue weighted by Crippen LogP contribution is 2.19. The van der Waals surface area contributed by atoms with Crippen LogP contribution >= 0.6 is 0 Å². The van der Waals surface area contributed by atoms with Crippen molar-refractivity contribution in [3.63, 3.8) is 0 Å². The maximum Gasteiger partial charge on any atom is 0.266 e. The largest absolute Gasteiger partial charge is 0.494 e. The zero-order valence-corrected chi connectivity index (χ0v) is 7.07. The Labute approximate surface area is 74.2 Å². The van der Waals surface area contributed by atoms with Crippen LogP contribution in [0.2, 0.25) is 0 Å². The van der Waals surface area contributed by atoms with Gasteiger partial charge in [-0.05, 0) is 12.1 Å². The monoisotopic (exact) mass is 176 g/mol. The second-order valence-electron chi connectivity index (χ2n) is 2.60. The van der Waals surface area contributed by atoms with E-state index in [2.05, 4.69) is 9.97 Å². The average molecular weight is 176 g/mol. The molecule has 4 heteroatoms. The van der Waals surface area contributed by atoms with Crippen molar-refractivity contribution in [2.45, 2.75) is 0 Å². The molecule has 1 aromatic heterocycles. The van der Waals surface area contributed by atoms with Gasteiger partial charge in [0.15, 0.2) is 0 Å². The molecule has 0 atom stereocenters. The molecule has 1 heterocycles. The molecule has 0 aliphatic rings. The van der Waals surface area contributed by atoms with Gasteiger partial charge in [-0.15, -0.1) is 0 Å². The lowest BCUT2D eigenvalue weighted by atomic mass is 10.3. The molecule has 1 aromatic carbocycles. The summed E-state index contributed by atoms with van der Waals surface area (Å²) in [6.45, 7) is 0. The molecule has 0 saturated carbocycles. The van der Waals surface area contributed by atoms with Crippen molar-refractivity contribution in [1.29, 1.82) is 0 Å². The SMILES string of the molecule is COc1cccc2[nH]c(=O)cnc12. The number of hydrogen-bond acceptors (Lipinski definition) is 3. The van der Waals surface area contributed by atoms with Crippen LogP contribution in [-0.4, -0.2) is 17.1 Å². The molecular weight excluding hydrogens is 168 g/mol. The number of fused-ring (bicyclic) bond motifs is 1. The van der Waals surface area contributed by atoms with Crippen molar-refractivity contribution in [2.75, 3.05) is 7.11 Å². The summed E-state index contributed by atoms with van der Waals surface area (Å²) in [4.78, 5) is 17.6. The van der Waals surface area contributed by atoms with E-state index >= 15 is 0 Å². The fourth-order valence-electron chi connectivity index (χ4n) is 1.21. The molecule has 13 heavy (non-hydrogen) atoms. The highest BCUT2D eigenvalue weighted by Gasteiger charge is 2.01. The Kier molecular flexibility index (Phi) is 1.73. The molecule has 0 bridgehead atoms. The Morgan fingerprint density at radius 1 is 1.46 bits per heavy atom. The van der Waals surface area contributed by atoms with Crippen molar-refractivity contribution < 1.29 is 4.74 Å². The number of rotatable bonds is 1. The second kappa shape index (κ2) is 2.90. The molecule has 0 radical (unpaired) electrons. The van der Waals surface area contributed by atoms with Crippen molar-refractivity contribution in [3.05, 3.63) is 34.7 Å². The Hall–Kier alpha value is -1.84. The van der Waals surface area contributed by atoms with E-state index in [1.807, 2.05) is 0 Å². The van der Waals surface area contributed by atoms with Gasteiger partial charge in [0, 0.05) is 0 Å². The van der Waals surface area contributed by atoms with Crippen molar-refractivity contribution in [2.24, 2.45) is 0 Å². The lowest BCUT2D eigenvalue weighted by Gasteiger charge is -2.02. The highest BCUT2D eigenvalue weighted by atomic mass is 16.5. The number of ether oxygens (including phenoxy) is 1. The summed E-state index contributed by atoms with van der Waals surface area (Å²) in [6, 6.07) is 5.39. The number of benzene rings is 1. The molecule has 0 unspecified atom stereocenters. The van der Waals surface area contributed by atoms with Crippen LogP contribution in [0.1, 0.15) is 0 Å². The summed E-state index contributed by atoms with van der Waals surface area (Å²) in [5.41, 5.74) is 1.15. The Morgan fingerprint density at radius 2 is 2.31 bits per heavy atom. The van der Waals surface area contributed by atoms with E-state index in [9.17, 15) is 4.79 Å². The van der Waals surface area contributed by atoms with E-state index in [0.29, 0.717) is 16.8 Å². The van der Waals surface area contributed by atoms with Gasteiger partial charge in [0.05, 0.1) is 18.8 Å². The van der Waals surface area contributed by atoms with Gasteiger partial charge >= 0.3 is 0 Å². The van der Waals surface area contributed by atoms with Crippen molar-refractivity contribution in [3.8, 4) is 5.75 Å². The molecule has 2 aromatic rings. The molecule has 0 amide bonds. The van der Waals surface area contributed by atoms with Gasteiger partial charge in [0.2, 0.25) is 0 Å². The molecule has 0 spiro atoms. The van der Waals surface area contributed by atoms with Crippen LogP contribution in [0.25, 0.3) is 11.0 Å². The maximum absolute atomic E-state index is 10.9. The summed E-state index contributed by atoms with van der Waals surface area (Å²) in [5.74, 6) is 0.661. The van der Waals surface area contributed by atoms with Crippen LogP contribution in [0.3, 0.4) is 0 Å². The predicted octanol–water partition coefficient (Wildman–Crippen LogP) is 0.932. The molecule has 0 aliphatic carbocycles. The summed E-state index contributed by atoms with van der Waals surface area (Å²) in [5, 5.41) is 0. The first-order valence-electron chi connectivity index (χ1n) is 3.83. The number of H-pyrrole nitrogens is 1. The van der Waals surface area contributed by atoms with Gasteiger partial charge in [-0.2, -0.15) is 0 Å². The molecule has 1 N–H and O–H groups in total. The first kappa shape index (κ1) is 7.79. The molecule has 66 valence electrons. The second-order valence-corrected chi connectivity index (χ2v) is 2.60. The van der Waals surface area contributed by atoms with E-state index in [-0.39, 0.29) is 5.56 Å². The van der Waals surface area contributed by atoms with E-state index < -0.39 is 0 Å². The highest BCUT2D eigenvalue weighted by molar-refractivity contribution is 5.80. The van der Waals surface area contributed by atoms with Crippen molar-refractivity contribution >= 4 is 11.0 Å². The average Bonchev–Trinajstić information content (AvgIpc) is 2.16. The molecule has 2 rings (SSSR count). The summed E-state index contributed by atoms with van der Waals surface area (Å²) < 4.78 is 5.08. The third-order valence-electron chi connectivity index (χ3n) is 1.79. The predicted molar refractivity (Wildman–Crippen MR) is 48.9 cm³/mol. The number of hydrogen-bond donors (Lipinski definition) is 1. The minimum absolute atomic E-state index is 0.208. The smallest absolute Gasteiger partial charge is 0.266 e. The maximum atomic E-state index is 10.9. The van der Waals surface area contributed by atoms with Gasteiger partial charge in [-0.1, -0.05) is 6.07 Å². The third-order valence-corrected chi connectivity index (χ3v) is 1.79. The van der Waals surface area contributed by atoms with Gasteiger partial charge in [0.25, 0.3) is 5.56 Å². The normalized spacial score (nSPS) is 10.2. The zero-order chi connectivity index (χ0) is 9.26. The van der Waals surface area contributed by atoms with E-state index in [1.165, 1.54) is 6.20 Å². The van der Waals surface area contributed by atoms with Gasteiger partial charge in [0.1, 0.15) is 11.3 Å². The summed E-state index contributed by atoms with van der Waals surface area (Å²) in [6.07, 6.45) is 1.24. The lowest BCUT2D eigenvalue weighted by molar-refractivity contribution is 0.419. The molecular formula is C9H8N2O2. The summed E-state index contributed by atoms with van der Waals surface area (Å²) in [7, 11) is 1.57. The van der Waals surface area contributed by atoms with Crippen LogP contribution in [0.5, 0.6) is 5.75 Å². The first-order chi connectivity index (χ1) is 6.31. The number of nitrogens with one attached hydrogen (secondary N) is 1. The topological polar surface area (TPSA) is 55.0 Å². The quantitative estimate of drug-likeness (QED) is 0.703. The van der Waals surface area contributed by atoms with E-state index in [0.717, 1.165) is 0 Å². The minimum Gasteiger partial charge on any atom is -0.494 e. The molecule has 0 aliphatic heterocycles. The number of aromatic amines is 1. The third kappa shape index (κ3) is 1.26. The number of para-hydroxylation sites is 1.